The number of nitrogens with zero attached hydrogens (tertiary/aromatic N) is 1. The average Bonchev–Trinajstić information content (AvgIpc) is 3.08. The molecule has 0 amide bonds. The zero-order valence-electron chi connectivity index (χ0n) is 14.8. The summed E-state index contributed by atoms with van der Waals surface area (Å²) >= 11 is 0. The molecule has 0 radical (unpaired) electrons. The van der Waals surface area contributed by atoms with Crippen LogP contribution in [0.5, 0.6) is 5.75 Å². The molecule has 130 valence electrons. The fourth-order valence-corrected chi connectivity index (χ4v) is 3.52. The van der Waals surface area contributed by atoms with Crippen molar-refractivity contribution in [2.75, 3.05) is 14.2 Å². The molecule has 4 heteroatoms. The highest BCUT2D eigenvalue weighted by Gasteiger charge is 2.27. The van der Waals surface area contributed by atoms with Gasteiger partial charge in [0.05, 0.1) is 31.0 Å². The summed E-state index contributed by atoms with van der Waals surface area (Å²) in [5.74, 6) is 0.529. The predicted molar refractivity (Wildman–Crippen MR) is 102 cm³/mol. The van der Waals surface area contributed by atoms with Crippen molar-refractivity contribution in [2.24, 2.45) is 0 Å². The first-order valence-corrected chi connectivity index (χ1v) is 8.56. The Morgan fingerprint density at radius 3 is 2.54 bits per heavy atom. The number of hydrogen-bond acceptors (Lipinski definition) is 4. The van der Waals surface area contributed by atoms with E-state index in [4.69, 9.17) is 14.5 Å². The number of methoxy groups -OCH3 is 2. The van der Waals surface area contributed by atoms with E-state index in [0.29, 0.717) is 5.56 Å². The van der Waals surface area contributed by atoms with Gasteiger partial charge in [-0.1, -0.05) is 30.3 Å². The maximum absolute atomic E-state index is 12.4. The van der Waals surface area contributed by atoms with Gasteiger partial charge in [-0.25, -0.2) is 9.78 Å². The Balaban J connectivity index is 1.87. The molecule has 2 aromatic carbocycles. The maximum atomic E-state index is 12.4. The SMILES string of the molecule is COC(=O)c1c2c(nc3ccccc13)/C(=C\c1ccc(OC)cc1)CC2. The van der Waals surface area contributed by atoms with Gasteiger partial charge >= 0.3 is 5.97 Å². The predicted octanol–water partition coefficient (Wildman–Crippen LogP) is 4.52. The zero-order valence-corrected chi connectivity index (χ0v) is 14.8. The molecule has 0 saturated carbocycles. The fourth-order valence-electron chi connectivity index (χ4n) is 3.52. The van der Waals surface area contributed by atoms with E-state index in [1.54, 1.807) is 7.11 Å². The maximum Gasteiger partial charge on any atom is 0.338 e. The number of para-hydroxylation sites is 1. The molecule has 0 N–H and O–H groups in total. The largest absolute Gasteiger partial charge is 0.497 e. The third-order valence-electron chi connectivity index (χ3n) is 4.79. The second-order valence-electron chi connectivity index (χ2n) is 6.27. The number of hydrogen-bond donors (Lipinski definition) is 0. The first-order chi connectivity index (χ1) is 12.7. The summed E-state index contributed by atoms with van der Waals surface area (Å²) in [5, 5.41) is 0.851. The van der Waals surface area contributed by atoms with Crippen molar-refractivity contribution in [1.82, 2.24) is 4.98 Å². The Hall–Kier alpha value is -3.14. The second kappa shape index (κ2) is 6.64. The van der Waals surface area contributed by atoms with Crippen molar-refractivity contribution in [3.05, 3.63) is 70.9 Å². The average molecular weight is 345 g/mol. The quantitative estimate of drug-likeness (QED) is 0.655. The monoisotopic (exact) mass is 345 g/mol. The number of pyridine rings is 1. The van der Waals surface area contributed by atoms with Gasteiger partial charge in [0, 0.05) is 5.39 Å². The van der Waals surface area contributed by atoms with E-state index in [9.17, 15) is 4.79 Å². The molecular weight excluding hydrogens is 326 g/mol. The van der Waals surface area contributed by atoms with Crippen molar-refractivity contribution in [3.63, 3.8) is 0 Å². The van der Waals surface area contributed by atoms with E-state index < -0.39 is 0 Å². The van der Waals surface area contributed by atoms with Crippen LogP contribution in [-0.4, -0.2) is 25.2 Å². The van der Waals surface area contributed by atoms with Crippen LogP contribution in [0.1, 0.15) is 33.6 Å². The molecule has 0 fully saturated rings. The minimum atomic E-state index is -0.300. The number of rotatable bonds is 3. The number of carbonyl (C=O) groups excluding carboxylic acids is 1. The molecule has 1 aliphatic carbocycles. The molecule has 1 heterocycles. The molecule has 4 nitrogen and oxygen atoms in total. The van der Waals surface area contributed by atoms with Crippen LogP contribution in [0.15, 0.2) is 48.5 Å². The van der Waals surface area contributed by atoms with Crippen LogP contribution < -0.4 is 4.74 Å². The van der Waals surface area contributed by atoms with E-state index in [0.717, 1.165) is 51.9 Å². The normalized spacial score (nSPS) is 14.5. The minimum absolute atomic E-state index is 0.300. The summed E-state index contributed by atoms with van der Waals surface area (Å²) < 4.78 is 10.3. The first-order valence-electron chi connectivity index (χ1n) is 8.56. The molecule has 0 spiro atoms. The lowest BCUT2D eigenvalue weighted by molar-refractivity contribution is 0.0602. The zero-order chi connectivity index (χ0) is 18.1. The van der Waals surface area contributed by atoms with E-state index in [1.165, 1.54) is 7.11 Å². The Morgan fingerprint density at radius 2 is 1.81 bits per heavy atom. The summed E-state index contributed by atoms with van der Waals surface area (Å²) in [6.07, 6.45) is 3.78. The summed E-state index contributed by atoms with van der Waals surface area (Å²) in [6.45, 7) is 0. The summed E-state index contributed by atoms with van der Waals surface area (Å²) in [5.41, 5.74) is 5.57. The van der Waals surface area contributed by atoms with Gasteiger partial charge in [-0.05, 0) is 53.8 Å². The van der Waals surface area contributed by atoms with Crippen molar-refractivity contribution in [3.8, 4) is 5.75 Å². The van der Waals surface area contributed by atoms with Crippen molar-refractivity contribution in [2.45, 2.75) is 12.8 Å². The van der Waals surface area contributed by atoms with Gasteiger partial charge in [-0.3, -0.25) is 0 Å². The van der Waals surface area contributed by atoms with Gasteiger partial charge in [0.25, 0.3) is 0 Å². The lowest BCUT2D eigenvalue weighted by atomic mass is 10.0. The van der Waals surface area contributed by atoms with Crippen LogP contribution in [0.3, 0.4) is 0 Å². The molecule has 0 atom stereocenters. The van der Waals surface area contributed by atoms with Crippen molar-refractivity contribution in [1.29, 1.82) is 0 Å². The van der Waals surface area contributed by atoms with Gasteiger partial charge in [0.1, 0.15) is 5.75 Å². The Bertz CT molecular complexity index is 1020. The molecule has 1 aliphatic rings. The van der Waals surface area contributed by atoms with Gasteiger partial charge < -0.3 is 9.47 Å². The number of esters is 1. The fraction of sp³-hybridized carbons (Fsp3) is 0.182. The highest BCUT2D eigenvalue weighted by atomic mass is 16.5. The molecule has 0 bridgehead atoms. The summed E-state index contributed by atoms with van der Waals surface area (Å²) in [4.78, 5) is 17.3. The molecule has 0 unspecified atom stereocenters. The van der Waals surface area contributed by atoms with Crippen molar-refractivity contribution >= 4 is 28.5 Å². The Labute approximate surface area is 152 Å². The van der Waals surface area contributed by atoms with E-state index in [1.807, 2.05) is 48.5 Å². The number of fused-ring (bicyclic) bond motifs is 2. The first kappa shape index (κ1) is 16.3. The minimum Gasteiger partial charge on any atom is -0.497 e. The standard InChI is InChI=1S/C22H19NO3/c1-25-16-10-7-14(8-11-16)13-15-9-12-18-20(22(24)26-2)17-5-3-4-6-19(17)23-21(15)18/h3-8,10-11,13H,9,12H2,1-2H3/b15-13-. The van der Waals surface area contributed by atoms with Crippen LogP contribution in [-0.2, 0) is 11.2 Å². The second-order valence-corrected chi connectivity index (χ2v) is 6.27. The van der Waals surface area contributed by atoms with Crippen molar-refractivity contribution < 1.29 is 14.3 Å². The topological polar surface area (TPSA) is 48.4 Å². The molecule has 26 heavy (non-hydrogen) atoms. The number of aromatic nitrogens is 1. The third kappa shape index (κ3) is 2.73. The number of carbonyl (C=O) groups is 1. The van der Waals surface area contributed by atoms with Crippen LogP contribution in [0.2, 0.25) is 0 Å². The summed E-state index contributed by atoms with van der Waals surface area (Å²) in [7, 11) is 3.08. The van der Waals surface area contributed by atoms with E-state index in [-0.39, 0.29) is 5.97 Å². The van der Waals surface area contributed by atoms with E-state index in [2.05, 4.69) is 6.08 Å². The van der Waals surface area contributed by atoms with Gasteiger partial charge in [0.2, 0.25) is 0 Å². The number of ether oxygens (including phenoxy) is 2. The lowest BCUT2D eigenvalue weighted by Crippen LogP contribution is -2.08. The molecule has 3 aromatic rings. The Morgan fingerprint density at radius 1 is 1.04 bits per heavy atom. The molecule has 1 aromatic heterocycles. The van der Waals surface area contributed by atoms with Gasteiger partial charge in [-0.2, -0.15) is 0 Å². The van der Waals surface area contributed by atoms with Crippen LogP contribution in [0.4, 0.5) is 0 Å². The number of allylic oxidation sites excluding steroid dienone is 1. The number of benzene rings is 2. The molecule has 0 saturated heterocycles. The molecular formula is C22H19NO3. The van der Waals surface area contributed by atoms with Crippen LogP contribution in [0, 0.1) is 0 Å². The Kier molecular flexibility index (Phi) is 4.17. The van der Waals surface area contributed by atoms with Crippen LogP contribution in [0.25, 0.3) is 22.6 Å². The molecule has 0 aliphatic heterocycles. The van der Waals surface area contributed by atoms with Crippen LogP contribution >= 0.6 is 0 Å². The smallest absolute Gasteiger partial charge is 0.338 e. The summed E-state index contributed by atoms with van der Waals surface area (Å²) in [6, 6.07) is 15.6. The third-order valence-corrected chi connectivity index (χ3v) is 4.79. The lowest BCUT2D eigenvalue weighted by Gasteiger charge is -2.10. The highest BCUT2D eigenvalue weighted by Crippen LogP contribution is 2.37. The molecule has 4 rings (SSSR count). The van der Waals surface area contributed by atoms with Gasteiger partial charge in [-0.15, -0.1) is 0 Å². The van der Waals surface area contributed by atoms with Gasteiger partial charge in [0.15, 0.2) is 0 Å². The van der Waals surface area contributed by atoms with E-state index >= 15 is 0 Å². The highest BCUT2D eigenvalue weighted by molar-refractivity contribution is 6.07.